The Kier molecular flexibility index (Phi) is 6.25. The molecule has 0 unspecified atom stereocenters. The number of hydrogen-bond acceptors (Lipinski definition) is 6. The van der Waals surface area contributed by atoms with Crippen molar-refractivity contribution in [2.75, 3.05) is 27.3 Å². The van der Waals surface area contributed by atoms with Gasteiger partial charge in [0, 0.05) is 19.6 Å². The minimum absolute atomic E-state index is 0.221. The van der Waals surface area contributed by atoms with Crippen LogP contribution in [-0.4, -0.2) is 55.5 Å². The molecule has 1 heterocycles. The Labute approximate surface area is 177 Å². The molecule has 0 aromatic heterocycles. The van der Waals surface area contributed by atoms with Crippen LogP contribution in [-0.2, 0) is 11.3 Å². The minimum atomic E-state index is -0.476. The van der Waals surface area contributed by atoms with E-state index in [1.807, 2.05) is 48.5 Å². The molecule has 2 aliphatic rings. The van der Waals surface area contributed by atoms with E-state index < -0.39 is 6.10 Å². The SMILES string of the molecule is COC(=O)c1ccc(CN2C[C@H]3C[C@@H](Oc4ccccc4OC)[C@H](O)C[C@H]3C2)cc1. The van der Waals surface area contributed by atoms with Gasteiger partial charge in [0.15, 0.2) is 11.5 Å². The fraction of sp³-hybridized carbons (Fsp3) is 0.458. The summed E-state index contributed by atoms with van der Waals surface area (Å²) in [7, 11) is 3.02. The van der Waals surface area contributed by atoms with Crippen LogP contribution in [0.2, 0.25) is 0 Å². The summed E-state index contributed by atoms with van der Waals surface area (Å²) in [6.45, 7) is 2.80. The number of para-hydroxylation sites is 2. The van der Waals surface area contributed by atoms with E-state index in [9.17, 15) is 9.90 Å². The maximum absolute atomic E-state index is 11.6. The third-order valence-corrected chi connectivity index (χ3v) is 6.29. The van der Waals surface area contributed by atoms with Gasteiger partial charge in [-0.05, 0) is 54.5 Å². The zero-order chi connectivity index (χ0) is 21.1. The monoisotopic (exact) mass is 411 g/mol. The van der Waals surface area contributed by atoms with Gasteiger partial charge < -0.3 is 19.3 Å². The van der Waals surface area contributed by atoms with Gasteiger partial charge in [0.25, 0.3) is 0 Å². The Morgan fingerprint density at radius 1 is 1.00 bits per heavy atom. The summed E-state index contributed by atoms with van der Waals surface area (Å²) >= 11 is 0. The van der Waals surface area contributed by atoms with Gasteiger partial charge in [-0.1, -0.05) is 24.3 Å². The summed E-state index contributed by atoms with van der Waals surface area (Å²) in [5.74, 6) is 2.04. The molecule has 30 heavy (non-hydrogen) atoms. The quantitative estimate of drug-likeness (QED) is 0.737. The van der Waals surface area contributed by atoms with E-state index in [0.29, 0.717) is 28.9 Å². The van der Waals surface area contributed by atoms with Crippen molar-refractivity contribution in [3.05, 3.63) is 59.7 Å². The zero-order valence-electron chi connectivity index (χ0n) is 17.5. The van der Waals surface area contributed by atoms with Crippen LogP contribution in [0.25, 0.3) is 0 Å². The van der Waals surface area contributed by atoms with Crippen molar-refractivity contribution in [1.82, 2.24) is 4.90 Å². The van der Waals surface area contributed by atoms with Gasteiger partial charge in [-0.15, -0.1) is 0 Å². The fourth-order valence-electron chi connectivity index (χ4n) is 4.74. The Morgan fingerprint density at radius 2 is 1.67 bits per heavy atom. The van der Waals surface area contributed by atoms with Gasteiger partial charge in [-0.3, -0.25) is 4.90 Å². The number of esters is 1. The molecular formula is C24H29NO5. The fourth-order valence-corrected chi connectivity index (χ4v) is 4.74. The number of aliphatic hydroxyl groups is 1. The number of carbonyl (C=O) groups is 1. The minimum Gasteiger partial charge on any atom is -0.493 e. The largest absolute Gasteiger partial charge is 0.493 e. The zero-order valence-corrected chi connectivity index (χ0v) is 17.5. The van der Waals surface area contributed by atoms with Gasteiger partial charge in [-0.2, -0.15) is 0 Å². The highest BCUT2D eigenvalue weighted by molar-refractivity contribution is 5.89. The first-order chi connectivity index (χ1) is 14.6. The molecule has 6 heteroatoms. The van der Waals surface area contributed by atoms with Crippen molar-refractivity contribution in [3.63, 3.8) is 0 Å². The highest BCUT2D eigenvalue weighted by Gasteiger charge is 2.42. The lowest BCUT2D eigenvalue weighted by Crippen LogP contribution is -2.42. The molecule has 0 radical (unpaired) electrons. The van der Waals surface area contributed by atoms with E-state index in [0.717, 1.165) is 32.5 Å². The van der Waals surface area contributed by atoms with Crippen molar-refractivity contribution < 1.29 is 24.1 Å². The first kappa shape index (κ1) is 20.7. The maximum Gasteiger partial charge on any atom is 0.337 e. The van der Waals surface area contributed by atoms with Crippen molar-refractivity contribution in [2.45, 2.75) is 31.6 Å². The molecule has 4 rings (SSSR count). The van der Waals surface area contributed by atoms with E-state index in [-0.39, 0.29) is 12.1 Å². The summed E-state index contributed by atoms with van der Waals surface area (Å²) in [5, 5.41) is 10.7. The average molecular weight is 411 g/mol. The van der Waals surface area contributed by atoms with Crippen LogP contribution in [0, 0.1) is 11.8 Å². The molecule has 2 fully saturated rings. The molecule has 1 aliphatic carbocycles. The molecule has 6 nitrogen and oxygen atoms in total. The van der Waals surface area contributed by atoms with Gasteiger partial charge >= 0.3 is 5.97 Å². The summed E-state index contributed by atoms with van der Waals surface area (Å²) in [6, 6.07) is 15.2. The van der Waals surface area contributed by atoms with Gasteiger partial charge in [0.1, 0.15) is 6.10 Å². The number of rotatable bonds is 6. The van der Waals surface area contributed by atoms with Gasteiger partial charge in [0.2, 0.25) is 0 Å². The number of methoxy groups -OCH3 is 2. The number of fused-ring (bicyclic) bond motifs is 1. The third-order valence-electron chi connectivity index (χ3n) is 6.29. The van der Waals surface area contributed by atoms with Gasteiger partial charge in [0.05, 0.1) is 25.9 Å². The lowest BCUT2D eigenvalue weighted by Gasteiger charge is -2.35. The van der Waals surface area contributed by atoms with E-state index in [4.69, 9.17) is 14.2 Å². The third kappa shape index (κ3) is 4.45. The molecule has 2 aromatic carbocycles. The number of hydrogen-bond donors (Lipinski definition) is 1. The smallest absolute Gasteiger partial charge is 0.337 e. The van der Waals surface area contributed by atoms with Crippen LogP contribution in [0.3, 0.4) is 0 Å². The summed E-state index contributed by atoms with van der Waals surface area (Å²) in [4.78, 5) is 14.0. The summed E-state index contributed by atoms with van der Waals surface area (Å²) < 4.78 is 16.3. The van der Waals surface area contributed by atoms with E-state index in [1.165, 1.54) is 12.7 Å². The number of carbonyl (C=O) groups excluding carboxylic acids is 1. The van der Waals surface area contributed by atoms with Crippen LogP contribution < -0.4 is 9.47 Å². The topological polar surface area (TPSA) is 68.2 Å². The predicted octanol–water partition coefficient (Wildman–Crippen LogP) is 3.13. The Morgan fingerprint density at radius 3 is 2.33 bits per heavy atom. The van der Waals surface area contributed by atoms with Crippen molar-refractivity contribution in [1.29, 1.82) is 0 Å². The van der Waals surface area contributed by atoms with Crippen LogP contribution >= 0.6 is 0 Å². The molecule has 1 N–H and O–H groups in total. The molecule has 0 spiro atoms. The standard InChI is InChI=1S/C24H29NO5/c1-28-21-5-3-4-6-22(21)30-23-12-19-15-25(14-18(19)11-20(23)26)13-16-7-9-17(10-8-16)24(27)29-2/h3-10,18-20,23,26H,11-15H2,1-2H3/t18-,19+,20+,23+/m0/s1. The Bertz CT molecular complexity index is 868. The second-order valence-electron chi connectivity index (χ2n) is 8.25. The molecule has 1 aliphatic heterocycles. The molecule has 0 amide bonds. The molecule has 4 atom stereocenters. The highest BCUT2D eigenvalue weighted by atomic mass is 16.5. The number of aliphatic hydroxyl groups excluding tert-OH is 1. The van der Waals surface area contributed by atoms with Crippen molar-refractivity contribution in [3.8, 4) is 11.5 Å². The molecule has 160 valence electrons. The van der Waals surface area contributed by atoms with Crippen LogP contribution in [0.15, 0.2) is 48.5 Å². The number of ether oxygens (including phenoxy) is 3. The Hall–Kier alpha value is -2.57. The van der Waals surface area contributed by atoms with Gasteiger partial charge in [-0.25, -0.2) is 4.79 Å². The molecule has 1 saturated carbocycles. The molecule has 1 saturated heterocycles. The average Bonchev–Trinajstić information content (AvgIpc) is 3.15. The van der Waals surface area contributed by atoms with E-state index in [2.05, 4.69) is 4.90 Å². The van der Waals surface area contributed by atoms with Crippen LogP contribution in [0.5, 0.6) is 11.5 Å². The first-order valence-electron chi connectivity index (χ1n) is 10.4. The number of nitrogens with zero attached hydrogens (tertiary/aromatic N) is 1. The second-order valence-corrected chi connectivity index (χ2v) is 8.25. The predicted molar refractivity (Wildman–Crippen MR) is 113 cm³/mol. The Balaban J connectivity index is 1.36. The van der Waals surface area contributed by atoms with E-state index >= 15 is 0 Å². The normalized spacial score (nSPS) is 26.1. The number of benzene rings is 2. The summed E-state index contributed by atoms with van der Waals surface area (Å²) in [6.07, 6.45) is 0.890. The first-order valence-corrected chi connectivity index (χ1v) is 10.4. The lowest BCUT2D eigenvalue weighted by molar-refractivity contribution is -0.0240. The second kappa shape index (κ2) is 9.06. The van der Waals surface area contributed by atoms with Crippen molar-refractivity contribution in [2.24, 2.45) is 11.8 Å². The number of likely N-dealkylation sites (tertiary alicyclic amines) is 1. The maximum atomic E-state index is 11.6. The highest BCUT2D eigenvalue weighted by Crippen LogP contribution is 2.39. The van der Waals surface area contributed by atoms with Crippen LogP contribution in [0.4, 0.5) is 0 Å². The molecular weight excluding hydrogens is 382 g/mol. The lowest BCUT2D eigenvalue weighted by atomic mass is 9.78. The van der Waals surface area contributed by atoms with Crippen molar-refractivity contribution >= 4 is 5.97 Å². The summed E-state index contributed by atoms with van der Waals surface area (Å²) in [5.41, 5.74) is 1.74. The molecule has 0 bridgehead atoms. The van der Waals surface area contributed by atoms with Crippen LogP contribution in [0.1, 0.15) is 28.8 Å². The molecule has 2 aromatic rings. The van der Waals surface area contributed by atoms with E-state index in [1.54, 1.807) is 7.11 Å².